The van der Waals surface area contributed by atoms with Crippen LogP contribution in [0.1, 0.15) is 11.5 Å². The fourth-order valence-electron chi connectivity index (χ4n) is 1.30. The van der Waals surface area contributed by atoms with Crippen molar-refractivity contribution in [2.24, 2.45) is 0 Å². The quantitative estimate of drug-likeness (QED) is 0.801. The molecule has 0 aliphatic heterocycles. The van der Waals surface area contributed by atoms with Gasteiger partial charge in [0.05, 0.1) is 6.61 Å². The summed E-state index contributed by atoms with van der Waals surface area (Å²) in [6.07, 6.45) is 0. The number of fused-ring (bicyclic) bond motifs is 1. The van der Waals surface area contributed by atoms with Crippen LogP contribution in [-0.2, 0) is 18.0 Å². The fourth-order valence-corrected chi connectivity index (χ4v) is 1.30. The van der Waals surface area contributed by atoms with Crippen molar-refractivity contribution in [2.75, 3.05) is 7.11 Å². The highest BCUT2D eigenvalue weighted by Gasteiger charge is 2.05. The molecule has 1 heterocycles. The van der Waals surface area contributed by atoms with E-state index in [0.717, 1.165) is 11.1 Å². The van der Waals surface area contributed by atoms with Gasteiger partial charge in [-0.15, -0.1) is 0 Å². The number of hydrogen-bond acceptors (Lipinski definition) is 4. The minimum absolute atomic E-state index is 0.0163. The minimum atomic E-state index is 0.0163. The van der Waals surface area contributed by atoms with E-state index in [0.29, 0.717) is 18.1 Å². The third-order valence-corrected chi connectivity index (χ3v) is 1.95. The largest absolute Gasteiger partial charge is 0.438 e. The van der Waals surface area contributed by atoms with Crippen LogP contribution in [0.15, 0.2) is 22.6 Å². The van der Waals surface area contributed by atoms with Crippen molar-refractivity contribution in [3.05, 3.63) is 29.7 Å². The molecule has 4 nitrogen and oxygen atoms in total. The van der Waals surface area contributed by atoms with Crippen LogP contribution >= 0.6 is 0 Å². The van der Waals surface area contributed by atoms with Crippen LogP contribution in [0.4, 0.5) is 0 Å². The van der Waals surface area contributed by atoms with Crippen LogP contribution in [-0.4, -0.2) is 17.2 Å². The molecule has 0 unspecified atom stereocenters. The lowest BCUT2D eigenvalue weighted by Gasteiger charge is -1.92. The minimum Gasteiger partial charge on any atom is -0.438 e. The highest BCUT2D eigenvalue weighted by molar-refractivity contribution is 5.73. The summed E-state index contributed by atoms with van der Waals surface area (Å²) in [5, 5.41) is 8.92. The van der Waals surface area contributed by atoms with Gasteiger partial charge in [0.1, 0.15) is 12.1 Å². The number of aromatic nitrogens is 1. The van der Waals surface area contributed by atoms with Crippen molar-refractivity contribution in [1.82, 2.24) is 4.98 Å². The summed E-state index contributed by atoms with van der Waals surface area (Å²) in [4.78, 5) is 4.21. The van der Waals surface area contributed by atoms with Crippen LogP contribution in [0.25, 0.3) is 11.1 Å². The van der Waals surface area contributed by atoms with Crippen molar-refractivity contribution >= 4 is 11.1 Å². The molecule has 74 valence electrons. The van der Waals surface area contributed by atoms with E-state index < -0.39 is 0 Å². The second-order valence-corrected chi connectivity index (χ2v) is 3.00. The zero-order chi connectivity index (χ0) is 9.97. The highest BCUT2D eigenvalue weighted by Crippen LogP contribution is 2.17. The number of aliphatic hydroxyl groups excluding tert-OH is 1. The van der Waals surface area contributed by atoms with Crippen LogP contribution in [0.2, 0.25) is 0 Å². The lowest BCUT2D eigenvalue weighted by molar-refractivity contribution is 0.161. The molecule has 0 atom stereocenters. The lowest BCUT2D eigenvalue weighted by atomic mass is 10.2. The van der Waals surface area contributed by atoms with Gasteiger partial charge in [0.15, 0.2) is 5.58 Å². The maximum absolute atomic E-state index is 8.92. The Hall–Kier alpha value is -1.39. The van der Waals surface area contributed by atoms with E-state index >= 15 is 0 Å². The molecule has 0 spiro atoms. The van der Waals surface area contributed by atoms with E-state index in [9.17, 15) is 0 Å². The zero-order valence-electron chi connectivity index (χ0n) is 7.86. The Labute approximate surface area is 81.1 Å². The number of oxazole rings is 1. The first-order valence-corrected chi connectivity index (χ1v) is 4.31. The molecule has 2 aromatic rings. The molecule has 0 saturated heterocycles. The topological polar surface area (TPSA) is 55.5 Å². The van der Waals surface area contributed by atoms with Crippen molar-refractivity contribution in [2.45, 2.75) is 13.2 Å². The van der Waals surface area contributed by atoms with Gasteiger partial charge in [-0.2, -0.15) is 0 Å². The van der Waals surface area contributed by atoms with Gasteiger partial charge in [0.2, 0.25) is 5.89 Å². The van der Waals surface area contributed by atoms with Crippen molar-refractivity contribution in [3.8, 4) is 0 Å². The molecule has 1 aromatic carbocycles. The molecule has 0 saturated carbocycles. The fraction of sp³-hybridized carbons (Fsp3) is 0.300. The first kappa shape index (κ1) is 9.18. The van der Waals surface area contributed by atoms with Gasteiger partial charge in [-0.25, -0.2) is 4.98 Å². The Morgan fingerprint density at radius 3 is 3.07 bits per heavy atom. The molecule has 0 aliphatic carbocycles. The summed E-state index contributed by atoms with van der Waals surface area (Å²) in [5.74, 6) is 0.553. The monoisotopic (exact) mass is 193 g/mol. The van der Waals surface area contributed by atoms with E-state index in [-0.39, 0.29) is 6.61 Å². The van der Waals surface area contributed by atoms with Crippen LogP contribution in [0.3, 0.4) is 0 Å². The Morgan fingerprint density at radius 2 is 2.36 bits per heavy atom. The van der Waals surface area contributed by atoms with E-state index in [1.807, 2.05) is 6.07 Å². The van der Waals surface area contributed by atoms with E-state index in [1.54, 1.807) is 19.2 Å². The van der Waals surface area contributed by atoms with Crippen LogP contribution in [0.5, 0.6) is 0 Å². The molecule has 0 radical (unpaired) electrons. The van der Waals surface area contributed by atoms with Crippen molar-refractivity contribution < 1.29 is 14.3 Å². The van der Waals surface area contributed by atoms with Gasteiger partial charge in [-0.1, -0.05) is 6.07 Å². The Morgan fingerprint density at radius 1 is 1.50 bits per heavy atom. The van der Waals surface area contributed by atoms with Gasteiger partial charge >= 0.3 is 0 Å². The summed E-state index contributed by atoms with van der Waals surface area (Å²) < 4.78 is 10.3. The second-order valence-electron chi connectivity index (χ2n) is 3.00. The molecular weight excluding hydrogens is 182 g/mol. The number of methoxy groups -OCH3 is 1. The first-order valence-electron chi connectivity index (χ1n) is 4.31. The molecule has 2 rings (SSSR count). The smallest absolute Gasteiger partial charge is 0.221 e. The number of ether oxygens (including phenoxy) is 1. The molecular formula is C10H11NO3. The first-order chi connectivity index (χ1) is 6.83. The SMILES string of the molecule is COCc1nc2cc(CO)ccc2o1. The number of nitrogens with zero attached hydrogens (tertiary/aromatic N) is 1. The van der Waals surface area contributed by atoms with E-state index in [2.05, 4.69) is 4.98 Å². The summed E-state index contributed by atoms with van der Waals surface area (Å²) in [5.41, 5.74) is 2.30. The van der Waals surface area contributed by atoms with Crippen LogP contribution < -0.4 is 0 Å². The van der Waals surface area contributed by atoms with E-state index in [1.165, 1.54) is 0 Å². The summed E-state index contributed by atoms with van der Waals surface area (Å²) in [6.45, 7) is 0.381. The van der Waals surface area contributed by atoms with Gasteiger partial charge < -0.3 is 14.3 Å². The van der Waals surface area contributed by atoms with Crippen molar-refractivity contribution in [1.29, 1.82) is 0 Å². The maximum atomic E-state index is 8.92. The predicted octanol–water partition coefficient (Wildman–Crippen LogP) is 1.47. The molecule has 0 fully saturated rings. The Bertz CT molecular complexity index is 436. The maximum Gasteiger partial charge on any atom is 0.221 e. The lowest BCUT2D eigenvalue weighted by Crippen LogP contribution is -1.85. The van der Waals surface area contributed by atoms with E-state index in [4.69, 9.17) is 14.3 Å². The third kappa shape index (κ3) is 1.62. The van der Waals surface area contributed by atoms with Crippen molar-refractivity contribution in [3.63, 3.8) is 0 Å². The highest BCUT2D eigenvalue weighted by atomic mass is 16.5. The number of benzene rings is 1. The molecule has 1 aromatic heterocycles. The second kappa shape index (κ2) is 3.77. The number of hydrogen-bond donors (Lipinski definition) is 1. The zero-order valence-corrected chi connectivity index (χ0v) is 7.86. The number of aliphatic hydroxyl groups is 1. The molecule has 4 heteroatoms. The predicted molar refractivity (Wildman–Crippen MR) is 50.6 cm³/mol. The van der Waals surface area contributed by atoms with Gasteiger partial charge in [0, 0.05) is 7.11 Å². The van der Waals surface area contributed by atoms with Gasteiger partial charge in [0.25, 0.3) is 0 Å². The molecule has 0 amide bonds. The standard InChI is InChI=1S/C10H11NO3/c1-13-6-10-11-8-4-7(5-12)2-3-9(8)14-10/h2-4,12H,5-6H2,1H3. The summed E-state index contributed by atoms with van der Waals surface area (Å²) in [6, 6.07) is 5.41. The summed E-state index contributed by atoms with van der Waals surface area (Å²) >= 11 is 0. The third-order valence-electron chi connectivity index (χ3n) is 1.95. The number of rotatable bonds is 3. The van der Waals surface area contributed by atoms with Gasteiger partial charge in [-0.05, 0) is 17.7 Å². The van der Waals surface area contributed by atoms with Gasteiger partial charge in [-0.3, -0.25) is 0 Å². The molecule has 14 heavy (non-hydrogen) atoms. The Balaban J connectivity index is 2.43. The Kier molecular flexibility index (Phi) is 2.47. The normalized spacial score (nSPS) is 11.0. The average molecular weight is 193 g/mol. The average Bonchev–Trinajstić information content (AvgIpc) is 2.59. The molecule has 1 N–H and O–H groups in total. The molecule has 0 aliphatic rings. The summed E-state index contributed by atoms with van der Waals surface area (Å²) in [7, 11) is 1.59. The molecule has 0 bridgehead atoms. The van der Waals surface area contributed by atoms with Crippen LogP contribution in [0, 0.1) is 0 Å².